The highest BCUT2D eigenvalue weighted by molar-refractivity contribution is 5.71. The van der Waals surface area contributed by atoms with Crippen molar-refractivity contribution in [2.75, 3.05) is 19.8 Å². The molecule has 19 heavy (non-hydrogen) atoms. The van der Waals surface area contributed by atoms with Crippen LogP contribution in [0.5, 0.6) is 0 Å². The molecular weight excluding hydrogens is 252 g/mol. The highest BCUT2D eigenvalue weighted by atomic mass is 16.6. The van der Waals surface area contributed by atoms with Gasteiger partial charge >= 0.3 is 12.1 Å². The molecule has 2 atom stereocenters. The number of carbonyl (C=O) groups is 2. The monoisotopic (exact) mass is 274 g/mol. The van der Waals surface area contributed by atoms with Gasteiger partial charge in [0.25, 0.3) is 0 Å². The molecule has 0 saturated carbocycles. The van der Waals surface area contributed by atoms with Crippen molar-refractivity contribution < 1.29 is 24.5 Å². The molecule has 1 heterocycles. The Labute approximate surface area is 112 Å². The topological polar surface area (TPSA) is 99.1 Å². The zero-order valence-electron chi connectivity index (χ0n) is 11.5. The van der Waals surface area contributed by atoms with Crippen molar-refractivity contribution in [3.8, 4) is 0 Å². The van der Waals surface area contributed by atoms with E-state index in [0.717, 1.165) is 0 Å². The van der Waals surface area contributed by atoms with Gasteiger partial charge in [0.2, 0.25) is 0 Å². The molecular formula is C12H22N2O5. The highest BCUT2D eigenvalue weighted by Crippen LogP contribution is 2.17. The highest BCUT2D eigenvalue weighted by Gasteiger charge is 2.32. The van der Waals surface area contributed by atoms with Gasteiger partial charge in [0.05, 0.1) is 12.6 Å². The number of carboxylic acid groups (broad SMARTS) is 1. The first kappa shape index (κ1) is 15.7. The summed E-state index contributed by atoms with van der Waals surface area (Å²) in [7, 11) is 0. The summed E-state index contributed by atoms with van der Waals surface area (Å²) in [5.74, 6) is -1.52. The van der Waals surface area contributed by atoms with E-state index in [9.17, 15) is 9.59 Å². The van der Waals surface area contributed by atoms with Crippen LogP contribution in [0, 0.1) is 5.92 Å². The number of carboxylic acids is 1. The number of alkyl carbamates (subject to hydrolysis) is 1. The number of ether oxygens (including phenoxy) is 1. The Kier molecular flexibility index (Phi) is 5.13. The predicted molar refractivity (Wildman–Crippen MR) is 67.6 cm³/mol. The molecule has 7 nitrogen and oxygen atoms in total. The normalized spacial score (nSPS) is 24.8. The third-order valence-corrected chi connectivity index (χ3v) is 2.80. The fourth-order valence-corrected chi connectivity index (χ4v) is 2.06. The maximum absolute atomic E-state index is 11.6. The predicted octanol–water partition coefficient (Wildman–Crippen LogP) is 0.236. The Hall–Kier alpha value is -1.34. The number of nitrogens with zero attached hydrogens (tertiary/aromatic N) is 1. The van der Waals surface area contributed by atoms with Crippen molar-refractivity contribution in [3.63, 3.8) is 0 Å². The smallest absolute Gasteiger partial charge is 0.407 e. The van der Waals surface area contributed by atoms with Crippen LogP contribution in [0.25, 0.3) is 0 Å². The van der Waals surface area contributed by atoms with Gasteiger partial charge in [0.15, 0.2) is 0 Å². The van der Waals surface area contributed by atoms with Crippen molar-refractivity contribution in [3.05, 3.63) is 0 Å². The van der Waals surface area contributed by atoms with Crippen LogP contribution >= 0.6 is 0 Å². The van der Waals surface area contributed by atoms with Crippen LogP contribution in [0.2, 0.25) is 0 Å². The number of likely N-dealkylation sites (tertiary alicyclic amines) is 1. The Morgan fingerprint density at radius 3 is 2.47 bits per heavy atom. The number of amides is 1. The number of rotatable bonds is 3. The van der Waals surface area contributed by atoms with Crippen molar-refractivity contribution >= 4 is 12.1 Å². The van der Waals surface area contributed by atoms with E-state index >= 15 is 0 Å². The molecule has 0 bridgehead atoms. The van der Waals surface area contributed by atoms with Crippen LogP contribution in [0.3, 0.4) is 0 Å². The van der Waals surface area contributed by atoms with Crippen LogP contribution in [0.1, 0.15) is 27.2 Å². The fourth-order valence-electron chi connectivity index (χ4n) is 2.06. The summed E-state index contributed by atoms with van der Waals surface area (Å²) in [4.78, 5) is 24.2. The largest absolute Gasteiger partial charge is 0.481 e. The number of nitrogens with one attached hydrogen (secondary N) is 1. The van der Waals surface area contributed by atoms with Crippen molar-refractivity contribution in [2.24, 2.45) is 5.92 Å². The summed E-state index contributed by atoms with van der Waals surface area (Å²) in [5.41, 5.74) is -0.596. The zero-order valence-corrected chi connectivity index (χ0v) is 11.5. The average Bonchev–Trinajstić information content (AvgIpc) is 2.25. The second-order valence-corrected chi connectivity index (χ2v) is 5.79. The lowest BCUT2D eigenvalue weighted by atomic mass is 9.95. The first-order valence-electron chi connectivity index (χ1n) is 6.27. The second-order valence-electron chi connectivity index (χ2n) is 5.79. The molecule has 0 aromatic heterocycles. The molecule has 0 radical (unpaired) electrons. The number of hydrogen-bond donors (Lipinski definition) is 3. The molecule has 0 spiro atoms. The lowest BCUT2D eigenvalue weighted by Gasteiger charge is -2.35. The first-order valence-corrected chi connectivity index (χ1v) is 6.27. The molecule has 1 amide bonds. The van der Waals surface area contributed by atoms with Crippen LogP contribution in [0.15, 0.2) is 0 Å². The number of aliphatic hydroxyl groups excluding tert-OH is 1. The Balaban J connectivity index is 2.56. The van der Waals surface area contributed by atoms with E-state index in [1.807, 2.05) is 0 Å². The van der Waals surface area contributed by atoms with E-state index in [-0.39, 0.29) is 12.8 Å². The van der Waals surface area contributed by atoms with Gasteiger partial charge in [-0.3, -0.25) is 9.69 Å². The van der Waals surface area contributed by atoms with Crippen molar-refractivity contribution in [1.29, 1.82) is 0 Å². The maximum atomic E-state index is 11.6. The number of aliphatic carboxylic acids is 1. The minimum Gasteiger partial charge on any atom is -0.481 e. The van der Waals surface area contributed by atoms with Crippen LogP contribution in [-0.2, 0) is 9.53 Å². The molecule has 1 saturated heterocycles. The molecule has 1 fully saturated rings. The van der Waals surface area contributed by atoms with Gasteiger partial charge in [0.1, 0.15) is 5.60 Å². The third kappa shape index (κ3) is 5.44. The SMILES string of the molecule is CC(C)(C)OC(=O)NC1CC(C(=O)O)CN(CO)C1. The summed E-state index contributed by atoms with van der Waals surface area (Å²) in [6, 6.07) is -0.336. The van der Waals surface area contributed by atoms with Gasteiger partial charge < -0.3 is 20.3 Å². The number of hydrogen-bond acceptors (Lipinski definition) is 5. The molecule has 7 heteroatoms. The van der Waals surface area contributed by atoms with Crippen LogP contribution in [-0.4, -0.2) is 58.6 Å². The fraction of sp³-hybridized carbons (Fsp3) is 0.833. The summed E-state index contributed by atoms with van der Waals surface area (Å²) in [5, 5.41) is 20.8. The Morgan fingerprint density at radius 1 is 1.37 bits per heavy atom. The Morgan fingerprint density at radius 2 is 2.00 bits per heavy atom. The van der Waals surface area contributed by atoms with Crippen molar-refractivity contribution in [2.45, 2.75) is 38.8 Å². The summed E-state index contributed by atoms with van der Waals surface area (Å²) >= 11 is 0. The summed E-state index contributed by atoms with van der Waals surface area (Å²) in [6.07, 6.45) is -0.230. The second kappa shape index (κ2) is 6.21. The molecule has 2 unspecified atom stereocenters. The van der Waals surface area contributed by atoms with Gasteiger partial charge in [-0.15, -0.1) is 0 Å². The standard InChI is InChI=1S/C12H22N2O5/c1-12(2,3)19-11(18)13-9-4-8(10(16)17)5-14(6-9)7-15/h8-9,15H,4-7H2,1-3H3,(H,13,18)(H,16,17). The van der Waals surface area contributed by atoms with E-state index in [1.165, 1.54) is 0 Å². The van der Waals surface area contributed by atoms with E-state index in [1.54, 1.807) is 25.7 Å². The Bertz CT molecular complexity index is 340. The van der Waals surface area contributed by atoms with E-state index in [0.29, 0.717) is 19.5 Å². The average molecular weight is 274 g/mol. The lowest BCUT2D eigenvalue weighted by molar-refractivity contribution is -0.144. The number of aliphatic hydroxyl groups is 1. The number of piperidine rings is 1. The van der Waals surface area contributed by atoms with Crippen LogP contribution in [0.4, 0.5) is 4.79 Å². The minimum atomic E-state index is -0.922. The molecule has 1 aliphatic heterocycles. The molecule has 0 aliphatic carbocycles. The zero-order chi connectivity index (χ0) is 14.6. The summed E-state index contributed by atoms with van der Waals surface area (Å²) < 4.78 is 5.13. The van der Waals surface area contributed by atoms with Gasteiger partial charge in [-0.05, 0) is 27.2 Å². The van der Waals surface area contributed by atoms with Gasteiger partial charge in [-0.25, -0.2) is 4.79 Å². The van der Waals surface area contributed by atoms with E-state index in [4.69, 9.17) is 14.9 Å². The molecule has 3 N–H and O–H groups in total. The van der Waals surface area contributed by atoms with Gasteiger partial charge in [-0.1, -0.05) is 0 Å². The third-order valence-electron chi connectivity index (χ3n) is 2.80. The molecule has 1 aliphatic rings. The first-order chi connectivity index (χ1) is 8.71. The van der Waals surface area contributed by atoms with Gasteiger partial charge in [0, 0.05) is 19.1 Å². The van der Waals surface area contributed by atoms with E-state index in [2.05, 4.69) is 5.32 Å². The molecule has 0 aromatic carbocycles. The molecule has 110 valence electrons. The molecule has 0 aromatic rings. The quantitative estimate of drug-likeness (QED) is 0.681. The van der Waals surface area contributed by atoms with Gasteiger partial charge in [-0.2, -0.15) is 0 Å². The number of carbonyl (C=O) groups excluding carboxylic acids is 1. The molecule has 1 rings (SSSR count). The van der Waals surface area contributed by atoms with Crippen molar-refractivity contribution in [1.82, 2.24) is 10.2 Å². The minimum absolute atomic E-state index is 0.226. The lowest BCUT2D eigenvalue weighted by Crippen LogP contribution is -2.53. The van der Waals surface area contributed by atoms with E-state index < -0.39 is 23.6 Å². The maximum Gasteiger partial charge on any atom is 0.407 e. The summed E-state index contributed by atoms with van der Waals surface area (Å²) in [6.45, 7) is 5.75. The van der Waals surface area contributed by atoms with Crippen LogP contribution < -0.4 is 5.32 Å².